The number of methoxy groups -OCH3 is 1. The fourth-order valence-corrected chi connectivity index (χ4v) is 3.07. The highest BCUT2D eigenvalue weighted by molar-refractivity contribution is 6.11. The first-order valence-corrected chi connectivity index (χ1v) is 7.97. The molecule has 0 spiro atoms. The summed E-state index contributed by atoms with van der Waals surface area (Å²) in [5.74, 6) is 0.495. The highest BCUT2D eigenvalue weighted by Gasteiger charge is 2.13. The maximum absolute atomic E-state index is 12.3. The van der Waals surface area contributed by atoms with Crippen molar-refractivity contribution in [3.05, 3.63) is 70.6 Å². The van der Waals surface area contributed by atoms with Gasteiger partial charge in [-0.05, 0) is 24.3 Å². The third-order valence-electron chi connectivity index (χ3n) is 4.25. The van der Waals surface area contributed by atoms with Gasteiger partial charge >= 0.3 is 0 Å². The summed E-state index contributed by atoms with van der Waals surface area (Å²) >= 11 is 0. The van der Waals surface area contributed by atoms with Crippen LogP contribution < -0.4 is 15.6 Å². The van der Waals surface area contributed by atoms with Crippen molar-refractivity contribution >= 4 is 33.2 Å². The largest absolute Gasteiger partial charge is 0.495 e. The molecule has 26 heavy (non-hydrogen) atoms. The second-order valence-electron chi connectivity index (χ2n) is 5.70. The minimum Gasteiger partial charge on any atom is -0.495 e. The Morgan fingerprint density at radius 2 is 1.88 bits per heavy atom. The Labute approximate surface area is 148 Å². The highest BCUT2D eigenvalue weighted by Crippen LogP contribution is 2.32. The van der Waals surface area contributed by atoms with Crippen LogP contribution in [-0.2, 0) is 0 Å². The molecular formula is C20H14N4O2. The molecule has 4 aromatic rings. The minimum atomic E-state index is -0.183. The van der Waals surface area contributed by atoms with Crippen LogP contribution in [0.15, 0.2) is 59.5 Å². The molecule has 6 heteroatoms. The summed E-state index contributed by atoms with van der Waals surface area (Å²) in [7, 11) is 1.53. The number of fused-ring (bicyclic) bond motifs is 3. The van der Waals surface area contributed by atoms with Crippen LogP contribution in [0.4, 0.5) is 11.4 Å². The Morgan fingerprint density at radius 1 is 1.08 bits per heavy atom. The summed E-state index contributed by atoms with van der Waals surface area (Å²) in [6.45, 7) is 0. The van der Waals surface area contributed by atoms with Gasteiger partial charge in [-0.25, -0.2) is 4.98 Å². The molecule has 0 fully saturated rings. The zero-order chi connectivity index (χ0) is 18.1. The number of nitrogens with one attached hydrogen (secondary N) is 2. The highest BCUT2D eigenvalue weighted by atomic mass is 16.5. The predicted octanol–water partition coefficient (Wildman–Crippen LogP) is 3.70. The second kappa shape index (κ2) is 6.22. The molecule has 2 aromatic carbocycles. The van der Waals surface area contributed by atoms with Crippen LogP contribution in [0.1, 0.15) is 5.56 Å². The van der Waals surface area contributed by atoms with Gasteiger partial charge in [0.05, 0.1) is 18.5 Å². The predicted molar refractivity (Wildman–Crippen MR) is 101 cm³/mol. The van der Waals surface area contributed by atoms with Crippen LogP contribution >= 0.6 is 0 Å². The SMILES string of the molecule is COc1cccc(Nc2ccnc3[nH]c(=O)c4ccccc4c23)c1C#N. The van der Waals surface area contributed by atoms with E-state index in [9.17, 15) is 10.1 Å². The number of pyridine rings is 2. The second-order valence-corrected chi connectivity index (χ2v) is 5.70. The van der Waals surface area contributed by atoms with Gasteiger partial charge in [0, 0.05) is 22.4 Å². The van der Waals surface area contributed by atoms with Gasteiger partial charge < -0.3 is 15.0 Å². The molecule has 0 atom stereocenters. The molecule has 0 amide bonds. The lowest BCUT2D eigenvalue weighted by molar-refractivity contribution is 0.414. The van der Waals surface area contributed by atoms with E-state index in [-0.39, 0.29) is 5.56 Å². The normalized spacial score (nSPS) is 10.6. The number of anilines is 2. The quantitative estimate of drug-likeness (QED) is 0.554. The fourth-order valence-electron chi connectivity index (χ4n) is 3.07. The minimum absolute atomic E-state index is 0.183. The third-order valence-corrected chi connectivity index (χ3v) is 4.25. The van der Waals surface area contributed by atoms with E-state index in [4.69, 9.17) is 4.74 Å². The van der Waals surface area contributed by atoms with E-state index in [0.29, 0.717) is 28.0 Å². The Morgan fingerprint density at radius 3 is 2.65 bits per heavy atom. The van der Waals surface area contributed by atoms with E-state index in [0.717, 1.165) is 16.5 Å². The number of H-pyrrole nitrogens is 1. The van der Waals surface area contributed by atoms with Crippen LogP contribution in [0.25, 0.3) is 21.8 Å². The zero-order valence-electron chi connectivity index (χ0n) is 13.9. The monoisotopic (exact) mass is 342 g/mol. The van der Waals surface area contributed by atoms with Crippen LogP contribution in [-0.4, -0.2) is 17.1 Å². The van der Waals surface area contributed by atoms with Crippen LogP contribution in [0, 0.1) is 11.3 Å². The van der Waals surface area contributed by atoms with Gasteiger partial charge in [0.15, 0.2) is 0 Å². The number of hydrogen-bond donors (Lipinski definition) is 2. The average Bonchev–Trinajstić information content (AvgIpc) is 2.68. The van der Waals surface area contributed by atoms with Gasteiger partial charge in [-0.2, -0.15) is 5.26 Å². The molecule has 0 saturated heterocycles. The third kappa shape index (κ3) is 2.43. The van der Waals surface area contributed by atoms with Crippen LogP contribution in [0.3, 0.4) is 0 Å². The molecule has 0 aliphatic carbocycles. The number of aromatic amines is 1. The van der Waals surface area contributed by atoms with Crippen molar-refractivity contribution in [2.24, 2.45) is 0 Å². The number of hydrogen-bond acceptors (Lipinski definition) is 5. The van der Waals surface area contributed by atoms with Crippen molar-refractivity contribution < 1.29 is 4.74 Å². The lowest BCUT2D eigenvalue weighted by Gasteiger charge is -2.13. The Hall–Kier alpha value is -3.85. The van der Waals surface area contributed by atoms with Crippen molar-refractivity contribution in [1.82, 2.24) is 9.97 Å². The maximum Gasteiger partial charge on any atom is 0.257 e. The smallest absolute Gasteiger partial charge is 0.257 e. The van der Waals surface area contributed by atoms with Crippen molar-refractivity contribution in [2.75, 3.05) is 12.4 Å². The van der Waals surface area contributed by atoms with Gasteiger partial charge in [-0.15, -0.1) is 0 Å². The number of aromatic nitrogens is 2. The summed E-state index contributed by atoms with van der Waals surface area (Å²) in [6, 6.07) is 16.7. The Balaban J connectivity index is 1.98. The molecule has 2 aromatic heterocycles. The summed E-state index contributed by atoms with van der Waals surface area (Å²) in [5.41, 5.74) is 2.08. The first-order valence-electron chi connectivity index (χ1n) is 7.97. The van der Waals surface area contributed by atoms with E-state index in [2.05, 4.69) is 21.4 Å². The standard InChI is InChI=1S/C20H14N4O2/c1-26-17-8-4-7-15(14(17)11-21)23-16-9-10-22-19-18(16)12-5-2-3-6-13(12)20(25)24-19/h2-10H,1H3,(H2,22,23,24,25). The van der Waals surface area contributed by atoms with E-state index in [1.54, 1.807) is 24.4 Å². The Kier molecular flexibility index (Phi) is 3.75. The van der Waals surface area contributed by atoms with Gasteiger partial charge in [-0.1, -0.05) is 24.3 Å². The van der Waals surface area contributed by atoms with E-state index in [1.165, 1.54) is 7.11 Å². The van der Waals surface area contributed by atoms with E-state index < -0.39 is 0 Å². The maximum atomic E-state index is 12.3. The summed E-state index contributed by atoms with van der Waals surface area (Å²) in [6.07, 6.45) is 1.61. The average molecular weight is 342 g/mol. The molecule has 0 unspecified atom stereocenters. The van der Waals surface area contributed by atoms with Gasteiger partial charge in [0.25, 0.3) is 5.56 Å². The summed E-state index contributed by atoms with van der Waals surface area (Å²) in [5, 5.41) is 15.0. The fraction of sp³-hybridized carbons (Fsp3) is 0.0500. The van der Waals surface area contributed by atoms with Gasteiger partial charge in [0.1, 0.15) is 23.0 Å². The van der Waals surface area contributed by atoms with Crippen LogP contribution in [0.2, 0.25) is 0 Å². The number of ether oxygens (including phenoxy) is 1. The van der Waals surface area contributed by atoms with Crippen molar-refractivity contribution in [2.45, 2.75) is 0 Å². The molecule has 6 nitrogen and oxygen atoms in total. The molecule has 2 N–H and O–H groups in total. The topological polar surface area (TPSA) is 90.8 Å². The first kappa shape index (κ1) is 15.7. The zero-order valence-corrected chi connectivity index (χ0v) is 13.9. The molecule has 0 radical (unpaired) electrons. The Bertz CT molecular complexity index is 1240. The van der Waals surface area contributed by atoms with E-state index >= 15 is 0 Å². The lowest BCUT2D eigenvalue weighted by Crippen LogP contribution is -2.08. The summed E-state index contributed by atoms with van der Waals surface area (Å²) in [4.78, 5) is 19.4. The summed E-state index contributed by atoms with van der Waals surface area (Å²) < 4.78 is 5.27. The van der Waals surface area contributed by atoms with Crippen molar-refractivity contribution in [3.8, 4) is 11.8 Å². The lowest BCUT2D eigenvalue weighted by atomic mass is 10.1. The van der Waals surface area contributed by atoms with Crippen LogP contribution in [0.5, 0.6) is 5.75 Å². The van der Waals surface area contributed by atoms with Gasteiger partial charge in [-0.3, -0.25) is 4.79 Å². The molecule has 0 aliphatic rings. The molecular weight excluding hydrogens is 328 g/mol. The molecule has 4 rings (SSSR count). The molecule has 0 bridgehead atoms. The van der Waals surface area contributed by atoms with Crippen molar-refractivity contribution in [3.63, 3.8) is 0 Å². The van der Waals surface area contributed by atoms with Gasteiger partial charge in [0.2, 0.25) is 0 Å². The number of benzene rings is 2. The number of nitrogens with zero attached hydrogens (tertiary/aromatic N) is 2. The molecule has 126 valence electrons. The van der Waals surface area contributed by atoms with Crippen molar-refractivity contribution in [1.29, 1.82) is 5.26 Å². The molecule has 0 saturated carbocycles. The van der Waals surface area contributed by atoms with E-state index in [1.807, 2.05) is 30.3 Å². The molecule has 2 heterocycles. The molecule has 0 aliphatic heterocycles. The first-order chi connectivity index (χ1) is 12.7. The number of rotatable bonds is 3. The number of nitriles is 1.